The standard InChI is InChI=1S/C13H16ClFN2O3/c1-3-13(2,12(19)20)16-7-11(18)17-8-4-5-10(15)9(14)6-8/h4-6,16H,3,7H2,1-2H3,(H,17,18)(H,19,20). The van der Waals surface area contributed by atoms with Crippen LogP contribution in [0.5, 0.6) is 0 Å². The first-order chi connectivity index (χ1) is 9.28. The maximum Gasteiger partial charge on any atom is 0.323 e. The largest absolute Gasteiger partial charge is 0.480 e. The van der Waals surface area contributed by atoms with E-state index in [9.17, 15) is 14.0 Å². The van der Waals surface area contributed by atoms with E-state index >= 15 is 0 Å². The first-order valence-electron chi connectivity index (χ1n) is 6.02. The molecule has 1 atom stereocenters. The lowest BCUT2D eigenvalue weighted by molar-refractivity contribution is -0.144. The zero-order valence-electron chi connectivity index (χ0n) is 11.2. The second-order valence-corrected chi connectivity index (χ2v) is 4.93. The number of halogens is 2. The molecule has 110 valence electrons. The van der Waals surface area contributed by atoms with E-state index in [0.29, 0.717) is 12.1 Å². The molecule has 7 heteroatoms. The molecule has 0 heterocycles. The van der Waals surface area contributed by atoms with Crippen molar-refractivity contribution in [1.82, 2.24) is 5.32 Å². The molecule has 3 N–H and O–H groups in total. The summed E-state index contributed by atoms with van der Waals surface area (Å²) in [7, 11) is 0. The van der Waals surface area contributed by atoms with Crippen LogP contribution < -0.4 is 10.6 Å². The van der Waals surface area contributed by atoms with Crippen molar-refractivity contribution in [3.8, 4) is 0 Å². The number of anilines is 1. The van der Waals surface area contributed by atoms with Crippen molar-refractivity contribution in [3.63, 3.8) is 0 Å². The Balaban J connectivity index is 2.60. The topological polar surface area (TPSA) is 78.4 Å². The van der Waals surface area contributed by atoms with Gasteiger partial charge in [0.25, 0.3) is 0 Å². The molecule has 0 bridgehead atoms. The van der Waals surface area contributed by atoms with E-state index in [2.05, 4.69) is 10.6 Å². The Morgan fingerprint density at radius 1 is 1.45 bits per heavy atom. The molecule has 5 nitrogen and oxygen atoms in total. The summed E-state index contributed by atoms with van der Waals surface area (Å²) in [5.41, 5.74) is -0.825. The maximum absolute atomic E-state index is 13.0. The van der Waals surface area contributed by atoms with Crippen LogP contribution in [0.1, 0.15) is 20.3 Å². The summed E-state index contributed by atoms with van der Waals surface area (Å²) in [5, 5.41) is 14.1. The van der Waals surface area contributed by atoms with Gasteiger partial charge in [-0.15, -0.1) is 0 Å². The number of benzene rings is 1. The van der Waals surface area contributed by atoms with Gasteiger partial charge >= 0.3 is 5.97 Å². The quantitative estimate of drug-likeness (QED) is 0.753. The van der Waals surface area contributed by atoms with Crippen LogP contribution in [0.4, 0.5) is 10.1 Å². The number of carbonyl (C=O) groups is 2. The molecule has 0 aliphatic rings. The first kappa shape index (κ1) is 16.4. The van der Waals surface area contributed by atoms with Gasteiger partial charge < -0.3 is 10.4 Å². The fraction of sp³-hybridized carbons (Fsp3) is 0.385. The molecule has 1 aromatic rings. The highest BCUT2D eigenvalue weighted by molar-refractivity contribution is 6.31. The third-order valence-electron chi connectivity index (χ3n) is 3.02. The van der Waals surface area contributed by atoms with Crippen molar-refractivity contribution >= 4 is 29.2 Å². The summed E-state index contributed by atoms with van der Waals surface area (Å²) in [4.78, 5) is 22.7. The van der Waals surface area contributed by atoms with E-state index in [-0.39, 0.29) is 11.6 Å². The van der Waals surface area contributed by atoms with E-state index in [1.54, 1.807) is 6.92 Å². The predicted octanol–water partition coefficient (Wildman–Crippen LogP) is 2.26. The van der Waals surface area contributed by atoms with Crippen LogP contribution in [0, 0.1) is 5.82 Å². The van der Waals surface area contributed by atoms with Crippen LogP contribution in [0.3, 0.4) is 0 Å². The van der Waals surface area contributed by atoms with Crippen LogP contribution >= 0.6 is 11.6 Å². The minimum absolute atomic E-state index is 0.0975. The van der Waals surface area contributed by atoms with Crippen molar-refractivity contribution in [2.24, 2.45) is 0 Å². The Labute approximate surface area is 121 Å². The van der Waals surface area contributed by atoms with Crippen LogP contribution in [0.15, 0.2) is 18.2 Å². The fourth-order valence-corrected chi connectivity index (χ4v) is 1.59. The van der Waals surface area contributed by atoms with Gasteiger partial charge in [-0.1, -0.05) is 18.5 Å². The van der Waals surface area contributed by atoms with Crippen LogP contribution in [-0.2, 0) is 9.59 Å². The lowest BCUT2D eigenvalue weighted by atomic mass is 9.99. The second-order valence-electron chi connectivity index (χ2n) is 4.52. The molecule has 0 aliphatic carbocycles. The summed E-state index contributed by atoms with van der Waals surface area (Å²) in [6, 6.07) is 3.79. The van der Waals surface area contributed by atoms with E-state index in [1.807, 2.05) is 0 Å². The monoisotopic (exact) mass is 302 g/mol. The Morgan fingerprint density at radius 3 is 2.60 bits per heavy atom. The van der Waals surface area contributed by atoms with Crippen molar-refractivity contribution < 1.29 is 19.1 Å². The Morgan fingerprint density at radius 2 is 2.10 bits per heavy atom. The number of amides is 1. The number of aliphatic carboxylic acids is 1. The van der Waals surface area contributed by atoms with Crippen molar-refractivity contribution in [2.75, 3.05) is 11.9 Å². The lowest BCUT2D eigenvalue weighted by Crippen LogP contribution is -2.51. The molecule has 0 aromatic heterocycles. The highest BCUT2D eigenvalue weighted by atomic mass is 35.5. The van der Waals surface area contributed by atoms with Gasteiger partial charge in [0.05, 0.1) is 11.6 Å². The van der Waals surface area contributed by atoms with Crippen LogP contribution in [0.2, 0.25) is 5.02 Å². The van der Waals surface area contributed by atoms with Gasteiger partial charge in [-0.3, -0.25) is 14.9 Å². The average Bonchev–Trinajstić information content (AvgIpc) is 2.40. The van der Waals surface area contributed by atoms with Crippen molar-refractivity contribution in [3.05, 3.63) is 29.0 Å². The van der Waals surface area contributed by atoms with Crippen LogP contribution in [0.25, 0.3) is 0 Å². The SMILES string of the molecule is CCC(C)(NCC(=O)Nc1ccc(F)c(Cl)c1)C(=O)O. The van der Waals surface area contributed by atoms with E-state index in [1.165, 1.54) is 19.1 Å². The van der Waals surface area contributed by atoms with Crippen LogP contribution in [-0.4, -0.2) is 29.1 Å². The van der Waals surface area contributed by atoms with E-state index in [0.717, 1.165) is 6.07 Å². The molecule has 1 amide bonds. The number of nitrogens with one attached hydrogen (secondary N) is 2. The number of rotatable bonds is 6. The molecular formula is C13H16ClFN2O3. The number of hydrogen-bond acceptors (Lipinski definition) is 3. The van der Waals surface area contributed by atoms with Gasteiger partial charge in [0.2, 0.25) is 5.91 Å². The van der Waals surface area contributed by atoms with Gasteiger partial charge in [0.1, 0.15) is 11.4 Å². The smallest absolute Gasteiger partial charge is 0.323 e. The van der Waals surface area contributed by atoms with Gasteiger partial charge in [-0.05, 0) is 31.5 Å². The summed E-state index contributed by atoms with van der Waals surface area (Å²) in [6.07, 6.45) is 0.331. The molecule has 1 unspecified atom stereocenters. The molecular weight excluding hydrogens is 287 g/mol. The maximum atomic E-state index is 13.0. The fourth-order valence-electron chi connectivity index (χ4n) is 1.41. The number of carboxylic acids is 1. The first-order valence-corrected chi connectivity index (χ1v) is 6.39. The molecule has 0 fully saturated rings. The molecule has 0 saturated heterocycles. The predicted molar refractivity (Wildman–Crippen MR) is 74.4 cm³/mol. The summed E-state index contributed by atoms with van der Waals surface area (Å²) >= 11 is 5.59. The minimum atomic E-state index is -1.17. The Hall–Kier alpha value is -1.66. The summed E-state index contributed by atoms with van der Waals surface area (Å²) in [5.74, 6) is -2.04. The Bertz CT molecular complexity index is 524. The molecule has 0 spiro atoms. The second kappa shape index (κ2) is 6.67. The third kappa shape index (κ3) is 4.18. The Kier molecular flexibility index (Phi) is 5.47. The van der Waals surface area contributed by atoms with Gasteiger partial charge in [0.15, 0.2) is 0 Å². The van der Waals surface area contributed by atoms with E-state index < -0.39 is 23.2 Å². The van der Waals surface area contributed by atoms with Gasteiger partial charge in [-0.25, -0.2) is 4.39 Å². The number of carboxylic acid groups (broad SMARTS) is 1. The minimum Gasteiger partial charge on any atom is -0.480 e. The molecule has 1 rings (SSSR count). The molecule has 0 saturated carbocycles. The summed E-state index contributed by atoms with van der Waals surface area (Å²) < 4.78 is 13.0. The molecule has 1 aromatic carbocycles. The number of carbonyl (C=O) groups excluding carboxylic acids is 1. The molecule has 0 radical (unpaired) electrons. The average molecular weight is 303 g/mol. The zero-order valence-corrected chi connectivity index (χ0v) is 11.9. The van der Waals surface area contributed by atoms with E-state index in [4.69, 9.17) is 16.7 Å². The van der Waals surface area contributed by atoms with Crippen molar-refractivity contribution in [1.29, 1.82) is 0 Å². The van der Waals surface area contributed by atoms with Crippen molar-refractivity contribution in [2.45, 2.75) is 25.8 Å². The third-order valence-corrected chi connectivity index (χ3v) is 3.31. The highest BCUT2D eigenvalue weighted by Gasteiger charge is 2.30. The summed E-state index contributed by atoms with van der Waals surface area (Å²) in [6.45, 7) is 3.03. The lowest BCUT2D eigenvalue weighted by Gasteiger charge is -2.24. The van der Waals surface area contributed by atoms with Gasteiger partial charge in [-0.2, -0.15) is 0 Å². The molecule has 20 heavy (non-hydrogen) atoms. The normalized spacial score (nSPS) is 13.6. The number of hydrogen-bond donors (Lipinski definition) is 3. The zero-order chi connectivity index (χ0) is 15.3. The van der Waals surface area contributed by atoms with Gasteiger partial charge in [0, 0.05) is 5.69 Å². The molecule has 0 aliphatic heterocycles. The highest BCUT2D eigenvalue weighted by Crippen LogP contribution is 2.19.